The van der Waals surface area contributed by atoms with Gasteiger partial charge in [0.15, 0.2) is 0 Å². The Bertz CT molecular complexity index is 1030. The predicted octanol–water partition coefficient (Wildman–Crippen LogP) is 2.65. The monoisotopic (exact) mass is 311 g/mol. The second-order valence-electron chi connectivity index (χ2n) is 4.91. The van der Waals surface area contributed by atoms with Crippen LogP contribution in [-0.4, -0.2) is 25.9 Å². The standard InChI is InChI=1S/C15H10ClN5O/c16-8-2-1-3-9(6-8)21-14-10(13(20-21)15(17)22)4-5-12-11(14)7-18-19-12/h1-7,20H,(H2,17,22). The van der Waals surface area contributed by atoms with Gasteiger partial charge in [0.25, 0.3) is 5.91 Å². The van der Waals surface area contributed by atoms with Crippen molar-refractivity contribution in [3.8, 4) is 5.69 Å². The van der Waals surface area contributed by atoms with E-state index in [4.69, 9.17) is 17.3 Å². The predicted molar refractivity (Wildman–Crippen MR) is 84.2 cm³/mol. The zero-order valence-electron chi connectivity index (χ0n) is 11.2. The average molecular weight is 312 g/mol. The number of nitrogens with zero attached hydrogens (tertiary/aromatic N) is 3. The Hall–Kier alpha value is -2.86. The lowest BCUT2D eigenvalue weighted by molar-refractivity contribution is 0.0996. The normalized spacial score (nSPS) is 11.3. The number of aromatic nitrogens is 4. The number of nitrogens with one attached hydrogen (secondary N) is 1. The van der Waals surface area contributed by atoms with Crippen molar-refractivity contribution >= 4 is 39.3 Å². The highest BCUT2D eigenvalue weighted by atomic mass is 35.5. The van der Waals surface area contributed by atoms with E-state index in [9.17, 15) is 4.79 Å². The summed E-state index contributed by atoms with van der Waals surface area (Å²) in [7, 11) is 0. The van der Waals surface area contributed by atoms with Gasteiger partial charge in [0.05, 0.1) is 22.9 Å². The molecule has 0 saturated heterocycles. The molecule has 0 radical (unpaired) electrons. The number of aromatic amines is 1. The Kier molecular flexibility index (Phi) is 2.67. The Morgan fingerprint density at radius 2 is 2.09 bits per heavy atom. The number of nitrogens with two attached hydrogens (primary N) is 1. The smallest absolute Gasteiger partial charge is 0.267 e. The van der Waals surface area contributed by atoms with Gasteiger partial charge < -0.3 is 5.73 Å². The molecule has 0 aliphatic carbocycles. The van der Waals surface area contributed by atoms with Crippen molar-refractivity contribution < 1.29 is 4.79 Å². The summed E-state index contributed by atoms with van der Waals surface area (Å²) in [6, 6.07) is 10.9. The minimum absolute atomic E-state index is 0.332. The van der Waals surface area contributed by atoms with Gasteiger partial charge in [0, 0.05) is 15.8 Å². The molecule has 108 valence electrons. The minimum atomic E-state index is -0.530. The minimum Gasteiger partial charge on any atom is -0.364 e. The first-order chi connectivity index (χ1) is 10.6. The van der Waals surface area contributed by atoms with Crippen molar-refractivity contribution in [2.75, 3.05) is 0 Å². The van der Waals surface area contributed by atoms with E-state index in [1.54, 1.807) is 23.0 Å². The second kappa shape index (κ2) is 4.57. The molecule has 0 aliphatic rings. The lowest BCUT2D eigenvalue weighted by Gasteiger charge is -2.05. The van der Waals surface area contributed by atoms with Gasteiger partial charge in [-0.3, -0.25) is 14.6 Å². The zero-order chi connectivity index (χ0) is 15.3. The average Bonchev–Trinajstić information content (AvgIpc) is 3.10. The molecule has 0 spiro atoms. The van der Waals surface area contributed by atoms with Crippen molar-refractivity contribution in [2.24, 2.45) is 5.73 Å². The highest BCUT2D eigenvalue weighted by molar-refractivity contribution is 6.30. The first kappa shape index (κ1) is 12.8. The molecule has 2 aromatic carbocycles. The topological polar surface area (TPSA) is 89.6 Å². The fourth-order valence-corrected chi connectivity index (χ4v) is 2.81. The maximum Gasteiger partial charge on any atom is 0.267 e. The van der Waals surface area contributed by atoms with E-state index in [1.165, 1.54) is 0 Å². The number of benzene rings is 2. The van der Waals surface area contributed by atoms with Crippen LogP contribution in [0.2, 0.25) is 5.02 Å². The summed E-state index contributed by atoms with van der Waals surface area (Å²) in [5, 5.41) is 13.2. The van der Waals surface area contributed by atoms with Gasteiger partial charge in [-0.25, -0.2) is 0 Å². The van der Waals surface area contributed by atoms with Gasteiger partial charge in [-0.2, -0.15) is 10.2 Å². The summed E-state index contributed by atoms with van der Waals surface area (Å²) in [6.45, 7) is 0. The summed E-state index contributed by atoms with van der Waals surface area (Å²) in [5.74, 6) is -0.530. The maximum atomic E-state index is 11.7. The summed E-state index contributed by atoms with van der Waals surface area (Å²) < 4.78 is 1.77. The lowest BCUT2D eigenvalue weighted by Crippen LogP contribution is -2.12. The van der Waals surface area contributed by atoms with Crippen LogP contribution in [0.25, 0.3) is 27.5 Å². The van der Waals surface area contributed by atoms with Crippen molar-refractivity contribution in [3.63, 3.8) is 0 Å². The van der Waals surface area contributed by atoms with E-state index in [0.29, 0.717) is 10.7 Å². The largest absolute Gasteiger partial charge is 0.364 e. The number of halogens is 1. The van der Waals surface area contributed by atoms with Gasteiger partial charge >= 0.3 is 0 Å². The van der Waals surface area contributed by atoms with Gasteiger partial charge in [-0.05, 0) is 30.3 Å². The van der Waals surface area contributed by atoms with Gasteiger partial charge in [-0.15, -0.1) is 0 Å². The van der Waals surface area contributed by atoms with Crippen LogP contribution in [0.3, 0.4) is 0 Å². The molecule has 0 atom stereocenters. The van der Waals surface area contributed by atoms with E-state index in [-0.39, 0.29) is 0 Å². The van der Waals surface area contributed by atoms with Crippen LogP contribution < -0.4 is 5.73 Å². The van der Waals surface area contributed by atoms with Crippen molar-refractivity contribution in [2.45, 2.75) is 0 Å². The summed E-state index contributed by atoms with van der Waals surface area (Å²) in [5.41, 5.74) is 8.14. The highest BCUT2D eigenvalue weighted by Gasteiger charge is 2.17. The molecule has 0 unspecified atom stereocenters. The van der Waals surface area contributed by atoms with E-state index in [0.717, 1.165) is 27.5 Å². The van der Waals surface area contributed by atoms with E-state index in [2.05, 4.69) is 15.3 Å². The van der Waals surface area contributed by atoms with E-state index >= 15 is 0 Å². The molecular formula is C15H10ClN5O. The van der Waals surface area contributed by atoms with Crippen LogP contribution in [-0.2, 0) is 0 Å². The molecule has 0 saturated carbocycles. The maximum absolute atomic E-state index is 11.7. The molecule has 2 aromatic heterocycles. The lowest BCUT2D eigenvalue weighted by atomic mass is 10.1. The number of primary amides is 1. The first-order valence-corrected chi connectivity index (χ1v) is 6.93. The molecule has 1 amide bonds. The Morgan fingerprint density at radius 1 is 1.23 bits per heavy atom. The van der Waals surface area contributed by atoms with Crippen LogP contribution in [0.15, 0.2) is 42.6 Å². The summed E-state index contributed by atoms with van der Waals surface area (Å²) in [4.78, 5) is 11.7. The zero-order valence-corrected chi connectivity index (χ0v) is 12.0. The number of amides is 1. The number of carbonyl (C=O) groups is 1. The number of rotatable bonds is 2. The fourth-order valence-electron chi connectivity index (χ4n) is 2.63. The van der Waals surface area contributed by atoms with E-state index < -0.39 is 5.91 Å². The third kappa shape index (κ3) is 1.78. The third-order valence-electron chi connectivity index (χ3n) is 3.58. The van der Waals surface area contributed by atoms with Crippen molar-refractivity contribution in [1.29, 1.82) is 0 Å². The van der Waals surface area contributed by atoms with Crippen LogP contribution in [0.5, 0.6) is 0 Å². The molecule has 0 bridgehead atoms. The molecule has 4 rings (SSSR count). The Balaban J connectivity index is 2.17. The van der Waals surface area contributed by atoms with Gasteiger partial charge in [-0.1, -0.05) is 17.7 Å². The number of fused-ring (bicyclic) bond motifs is 3. The molecular weight excluding hydrogens is 302 g/mol. The summed E-state index contributed by atoms with van der Waals surface area (Å²) >= 11 is 6.07. The van der Waals surface area contributed by atoms with Crippen LogP contribution in [0, 0.1) is 0 Å². The fraction of sp³-hybridized carbons (Fsp3) is 0. The van der Waals surface area contributed by atoms with Gasteiger partial charge in [0.2, 0.25) is 0 Å². The molecule has 6 nitrogen and oxygen atoms in total. The number of H-pyrrole nitrogens is 1. The van der Waals surface area contributed by atoms with Crippen LogP contribution in [0.1, 0.15) is 10.5 Å². The van der Waals surface area contributed by atoms with E-state index in [1.807, 2.05) is 24.3 Å². The Labute approximate surface area is 129 Å². The Morgan fingerprint density at radius 3 is 2.86 bits per heavy atom. The van der Waals surface area contributed by atoms with Crippen molar-refractivity contribution in [1.82, 2.24) is 20.0 Å². The molecule has 2 heterocycles. The highest BCUT2D eigenvalue weighted by Crippen LogP contribution is 2.29. The first-order valence-electron chi connectivity index (χ1n) is 6.56. The summed E-state index contributed by atoms with van der Waals surface area (Å²) in [6.07, 6.45) is 1.66. The third-order valence-corrected chi connectivity index (χ3v) is 3.81. The van der Waals surface area contributed by atoms with Gasteiger partial charge in [0.1, 0.15) is 5.69 Å². The molecule has 4 aromatic rings. The number of hydrogen-bond donors (Lipinski definition) is 2. The number of hydrogen-bond acceptors (Lipinski definition) is 3. The SMILES string of the molecule is NC(=O)c1[nH]n(-c2cccc(Cl)c2)c2c1ccc1nncc12. The van der Waals surface area contributed by atoms with Crippen molar-refractivity contribution in [3.05, 3.63) is 53.3 Å². The molecule has 7 heteroatoms. The van der Waals surface area contributed by atoms with Crippen LogP contribution >= 0.6 is 11.6 Å². The number of carbonyl (C=O) groups excluding carboxylic acids is 1. The van der Waals surface area contributed by atoms with Crippen LogP contribution in [0.4, 0.5) is 0 Å². The molecule has 0 fully saturated rings. The molecule has 0 aliphatic heterocycles. The molecule has 3 N–H and O–H groups in total. The quantitative estimate of drug-likeness (QED) is 0.596. The molecule has 22 heavy (non-hydrogen) atoms. The second-order valence-corrected chi connectivity index (χ2v) is 5.34.